The van der Waals surface area contributed by atoms with E-state index in [1.165, 1.54) is 12.8 Å². The minimum atomic E-state index is -0.0825. The fourth-order valence-electron chi connectivity index (χ4n) is 1.76. The van der Waals surface area contributed by atoms with Gasteiger partial charge in [0.2, 0.25) is 5.91 Å². The van der Waals surface area contributed by atoms with Gasteiger partial charge in [0.1, 0.15) is 0 Å². The van der Waals surface area contributed by atoms with Crippen LogP contribution in [0, 0.1) is 11.8 Å². The zero-order chi connectivity index (χ0) is 12.2. The van der Waals surface area contributed by atoms with Gasteiger partial charge in [-0.2, -0.15) is 0 Å². The molecular weight excluding hydrogens is 200 g/mol. The first kappa shape index (κ1) is 13.5. The Bertz CT molecular complexity index is 234. The van der Waals surface area contributed by atoms with Crippen molar-refractivity contribution in [2.75, 3.05) is 13.1 Å². The first-order valence-electron chi connectivity index (χ1n) is 6.46. The molecule has 16 heavy (non-hydrogen) atoms. The summed E-state index contributed by atoms with van der Waals surface area (Å²) in [7, 11) is 0. The van der Waals surface area contributed by atoms with Gasteiger partial charge in [-0.1, -0.05) is 13.8 Å². The summed E-state index contributed by atoms with van der Waals surface area (Å²) in [6, 6.07) is 0. The molecule has 1 unspecified atom stereocenters. The fraction of sp³-hybridized carbons (Fsp3) is 0.923. The van der Waals surface area contributed by atoms with Crippen LogP contribution in [-0.2, 0) is 4.79 Å². The van der Waals surface area contributed by atoms with Crippen molar-refractivity contribution in [3.63, 3.8) is 0 Å². The van der Waals surface area contributed by atoms with E-state index in [1.807, 2.05) is 0 Å². The molecule has 0 aliphatic heterocycles. The van der Waals surface area contributed by atoms with E-state index in [4.69, 9.17) is 0 Å². The third kappa shape index (κ3) is 4.97. The average Bonchev–Trinajstić information content (AvgIpc) is 3.00. The van der Waals surface area contributed by atoms with Crippen LogP contribution in [0.4, 0.5) is 0 Å². The van der Waals surface area contributed by atoms with E-state index in [1.54, 1.807) is 0 Å². The maximum Gasteiger partial charge on any atom is 0.234 e. The van der Waals surface area contributed by atoms with Gasteiger partial charge in [-0.3, -0.25) is 4.79 Å². The number of hydrogen-bond acceptors (Lipinski definition) is 2. The molecule has 0 aromatic carbocycles. The van der Waals surface area contributed by atoms with Crippen molar-refractivity contribution in [1.29, 1.82) is 0 Å². The van der Waals surface area contributed by atoms with Crippen molar-refractivity contribution in [3.05, 3.63) is 0 Å². The molecular formula is C13H26N2O. The third-order valence-corrected chi connectivity index (χ3v) is 3.54. The molecule has 1 atom stereocenters. The lowest BCUT2D eigenvalue weighted by Crippen LogP contribution is -2.46. The van der Waals surface area contributed by atoms with Crippen molar-refractivity contribution in [3.8, 4) is 0 Å². The first-order chi connectivity index (χ1) is 7.44. The van der Waals surface area contributed by atoms with Gasteiger partial charge in [-0.15, -0.1) is 0 Å². The summed E-state index contributed by atoms with van der Waals surface area (Å²) in [5.41, 5.74) is -0.0825. The Morgan fingerprint density at radius 2 is 2.06 bits per heavy atom. The van der Waals surface area contributed by atoms with Crippen LogP contribution in [0.2, 0.25) is 0 Å². The molecule has 0 aromatic rings. The van der Waals surface area contributed by atoms with Gasteiger partial charge >= 0.3 is 0 Å². The number of carbonyl (C=O) groups is 1. The molecule has 1 fully saturated rings. The Hall–Kier alpha value is -0.570. The lowest BCUT2D eigenvalue weighted by molar-refractivity contribution is -0.121. The van der Waals surface area contributed by atoms with Crippen LogP contribution in [0.1, 0.15) is 47.0 Å². The summed E-state index contributed by atoms with van der Waals surface area (Å²) in [5.74, 6) is 1.73. The van der Waals surface area contributed by atoms with Crippen molar-refractivity contribution in [2.45, 2.75) is 52.5 Å². The van der Waals surface area contributed by atoms with Crippen molar-refractivity contribution in [2.24, 2.45) is 11.8 Å². The highest BCUT2D eigenvalue weighted by Gasteiger charge is 2.27. The van der Waals surface area contributed by atoms with E-state index in [0.717, 1.165) is 18.9 Å². The molecule has 1 aliphatic carbocycles. The molecule has 1 aliphatic rings. The zero-order valence-corrected chi connectivity index (χ0v) is 11.1. The molecule has 3 nitrogen and oxygen atoms in total. The van der Waals surface area contributed by atoms with Crippen molar-refractivity contribution >= 4 is 5.91 Å². The zero-order valence-electron chi connectivity index (χ0n) is 11.1. The molecule has 1 amide bonds. The van der Waals surface area contributed by atoms with Crippen molar-refractivity contribution < 1.29 is 4.79 Å². The summed E-state index contributed by atoms with van der Waals surface area (Å²) in [6.07, 6.45) is 3.70. The van der Waals surface area contributed by atoms with E-state index < -0.39 is 0 Å². The van der Waals surface area contributed by atoms with Gasteiger partial charge in [0.25, 0.3) is 0 Å². The first-order valence-corrected chi connectivity index (χ1v) is 6.46. The van der Waals surface area contributed by atoms with Gasteiger partial charge in [0.05, 0.1) is 6.54 Å². The molecule has 0 heterocycles. The number of hydrogen-bond donors (Lipinski definition) is 2. The second-order valence-electron chi connectivity index (χ2n) is 5.73. The van der Waals surface area contributed by atoms with Gasteiger partial charge < -0.3 is 10.6 Å². The van der Waals surface area contributed by atoms with Crippen LogP contribution < -0.4 is 10.6 Å². The topological polar surface area (TPSA) is 41.1 Å². The van der Waals surface area contributed by atoms with Gasteiger partial charge in [0, 0.05) is 5.54 Å². The normalized spacial score (nSPS) is 18.2. The summed E-state index contributed by atoms with van der Waals surface area (Å²) in [5, 5.41) is 6.26. The molecule has 94 valence electrons. The summed E-state index contributed by atoms with van der Waals surface area (Å²) < 4.78 is 0. The third-order valence-electron chi connectivity index (χ3n) is 3.54. The molecule has 3 heteroatoms. The lowest BCUT2D eigenvalue weighted by atomic mass is 10.0. The number of amides is 1. The number of rotatable bonds is 7. The molecule has 0 spiro atoms. The van der Waals surface area contributed by atoms with Crippen molar-refractivity contribution in [1.82, 2.24) is 10.6 Å². The Morgan fingerprint density at radius 3 is 2.56 bits per heavy atom. The van der Waals surface area contributed by atoms with E-state index in [9.17, 15) is 4.79 Å². The molecule has 1 rings (SSSR count). The van der Waals surface area contributed by atoms with E-state index in [-0.39, 0.29) is 11.4 Å². The smallest absolute Gasteiger partial charge is 0.234 e. The highest BCUT2D eigenvalue weighted by Crippen LogP contribution is 2.35. The van der Waals surface area contributed by atoms with Crippen LogP contribution >= 0.6 is 0 Å². The fourth-order valence-corrected chi connectivity index (χ4v) is 1.76. The number of carbonyl (C=O) groups excluding carboxylic acids is 1. The minimum Gasteiger partial charge on any atom is -0.350 e. The van der Waals surface area contributed by atoms with Gasteiger partial charge in [-0.25, -0.2) is 0 Å². The predicted octanol–water partition coefficient (Wildman–Crippen LogP) is 1.93. The van der Waals surface area contributed by atoms with Crippen LogP contribution in [0.5, 0.6) is 0 Å². The predicted molar refractivity (Wildman–Crippen MR) is 67.3 cm³/mol. The Labute approximate surface area is 99.4 Å². The molecule has 1 saturated carbocycles. The van der Waals surface area contributed by atoms with Crippen LogP contribution in [0.25, 0.3) is 0 Å². The SMILES string of the molecule is CCC(C)(C)NC(=O)CNCC(C)C1CC1. The molecule has 2 N–H and O–H groups in total. The molecule has 0 aromatic heterocycles. The van der Waals surface area contributed by atoms with E-state index in [2.05, 4.69) is 38.3 Å². The number of nitrogens with one attached hydrogen (secondary N) is 2. The minimum absolute atomic E-state index is 0.0825. The highest BCUT2D eigenvalue weighted by molar-refractivity contribution is 5.78. The van der Waals surface area contributed by atoms with Crippen LogP contribution in [0.3, 0.4) is 0 Å². The van der Waals surface area contributed by atoms with Gasteiger partial charge in [-0.05, 0) is 51.5 Å². The Morgan fingerprint density at radius 1 is 1.44 bits per heavy atom. The molecule has 0 radical (unpaired) electrons. The lowest BCUT2D eigenvalue weighted by Gasteiger charge is -2.24. The quantitative estimate of drug-likeness (QED) is 0.696. The van der Waals surface area contributed by atoms with Crippen LogP contribution in [0.15, 0.2) is 0 Å². The Balaban J connectivity index is 2.10. The van der Waals surface area contributed by atoms with E-state index in [0.29, 0.717) is 12.5 Å². The van der Waals surface area contributed by atoms with Crippen LogP contribution in [-0.4, -0.2) is 24.5 Å². The summed E-state index contributed by atoms with van der Waals surface area (Å²) in [6.45, 7) is 9.86. The molecule has 0 bridgehead atoms. The van der Waals surface area contributed by atoms with E-state index >= 15 is 0 Å². The summed E-state index contributed by atoms with van der Waals surface area (Å²) >= 11 is 0. The monoisotopic (exact) mass is 226 g/mol. The maximum absolute atomic E-state index is 11.6. The second-order valence-corrected chi connectivity index (χ2v) is 5.73. The standard InChI is InChI=1S/C13H26N2O/c1-5-13(3,4)15-12(16)9-14-8-10(2)11-6-7-11/h10-11,14H,5-9H2,1-4H3,(H,15,16). The average molecular weight is 226 g/mol. The molecule has 0 saturated heterocycles. The second kappa shape index (κ2) is 5.67. The summed E-state index contributed by atoms with van der Waals surface area (Å²) in [4.78, 5) is 11.6. The Kier molecular flexibility index (Phi) is 4.78. The highest BCUT2D eigenvalue weighted by atomic mass is 16.2. The van der Waals surface area contributed by atoms with Gasteiger partial charge in [0.15, 0.2) is 0 Å². The maximum atomic E-state index is 11.6. The largest absolute Gasteiger partial charge is 0.350 e.